The molecule has 0 saturated carbocycles. The average molecular weight is 282 g/mol. The monoisotopic (exact) mass is 282 g/mol. The largest absolute Gasteiger partial charge is 0.437 e. The summed E-state index contributed by atoms with van der Waals surface area (Å²) in [6.45, 7) is 4.42. The average Bonchev–Trinajstić information content (AvgIpc) is 2.54. The second-order valence-corrected chi connectivity index (χ2v) is 4.58. The normalized spacial score (nSPS) is 10.2. The van der Waals surface area contributed by atoms with Crippen LogP contribution >= 0.6 is 0 Å². The van der Waals surface area contributed by atoms with E-state index in [-0.39, 0.29) is 5.88 Å². The van der Waals surface area contributed by atoms with Crippen molar-refractivity contribution in [1.82, 2.24) is 10.2 Å². The second-order valence-electron chi connectivity index (χ2n) is 4.58. The summed E-state index contributed by atoms with van der Waals surface area (Å²) < 4.78 is 5.73. The number of nitriles is 1. The van der Waals surface area contributed by atoms with Crippen molar-refractivity contribution in [3.05, 3.63) is 46.6 Å². The van der Waals surface area contributed by atoms with Crippen molar-refractivity contribution in [2.24, 2.45) is 5.73 Å². The Hall–Kier alpha value is -2.45. The molecule has 0 atom stereocenters. The summed E-state index contributed by atoms with van der Waals surface area (Å²) in [5.74, 6) is 0.857. The number of hydrogen-bond donors (Lipinski definition) is 1. The minimum Gasteiger partial charge on any atom is -0.437 e. The van der Waals surface area contributed by atoms with Gasteiger partial charge in [0, 0.05) is 6.54 Å². The quantitative estimate of drug-likeness (QED) is 0.911. The van der Waals surface area contributed by atoms with Gasteiger partial charge < -0.3 is 10.5 Å². The number of hydrogen-bond acceptors (Lipinski definition) is 5. The Morgan fingerprint density at radius 2 is 2.05 bits per heavy atom. The molecule has 5 heteroatoms. The van der Waals surface area contributed by atoms with Gasteiger partial charge in [-0.1, -0.05) is 26.0 Å². The number of benzene rings is 1. The molecule has 1 aromatic carbocycles. The summed E-state index contributed by atoms with van der Waals surface area (Å²) >= 11 is 0. The lowest BCUT2D eigenvalue weighted by molar-refractivity contribution is 0.450. The van der Waals surface area contributed by atoms with E-state index < -0.39 is 0 Å². The third-order valence-electron chi connectivity index (χ3n) is 3.27. The van der Waals surface area contributed by atoms with Crippen molar-refractivity contribution in [1.29, 1.82) is 5.26 Å². The summed E-state index contributed by atoms with van der Waals surface area (Å²) in [7, 11) is 0. The molecule has 1 aromatic heterocycles. The van der Waals surface area contributed by atoms with Gasteiger partial charge in [-0.25, -0.2) is 0 Å². The molecule has 2 rings (SSSR count). The lowest BCUT2D eigenvalue weighted by Crippen LogP contribution is -2.05. The highest BCUT2D eigenvalue weighted by Crippen LogP contribution is 2.27. The predicted molar refractivity (Wildman–Crippen MR) is 79.9 cm³/mol. The van der Waals surface area contributed by atoms with Gasteiger partial charge in [0.2, 0.25) is 0 Å². The number of rotatable bonds is 5. The molecule has 0 radical (unpaired) electrons. The Kier molecular flexibility index (Phi) is 4.85. The van der Waals surface area contributed by atoms with Gasteiger partial charge in [0.25, 0.3) is 5.88 Å². The number of nitrogens with zero attached hydrogens (tertiary/aromatic N) is 3. The van der Waals surface area contributed by atoms with Crippen LogP contribution in [0, 0.1) is 11.3 Å². The van der Waals surface area contributed by atoms with E-state index in [1.807, 2.05) is 32.0 Å². The van der Waals surface area contributed by atoms with Gasteiger partial charge in [-0.2, -0.15) is 10.4 Å². The summed E-state index contributed by atoms with van der Waals surface area (Å²) in [6.07, 6.45) is 1.47. The second kappa shape index (κ2) is 6.82. The van der Waals surface area contributed by atoms with Crippen molar-refractivity contribution in [3.63, 3.8) is 0 Å². The summed E-state index contributed by atoms with van der Waals surface area (Å²) in [5, 5.41) is 17.6. The van der Waals surface area contributed by atoms with Gasteiger partial charge >= 0.3 is 0 Å². The first-order valence-electron chi connectivity index (χ1n) is 6.98. The van der Waals surface area contributed by atoms with Crippen LogP contribution in [0.4, 0.5) is 0 Å². The van der Waals surface area contributed by atoms with Crippen molar-refractivity contribution in [3.8, 4) is 17.7 Å². The van der Waals surface area contributed by atoms with Crippen molar-refractivity contribution in [2.45, 2.75) is 33.2 Å². The zero-order chi connectivity index (χ0) is 15.2. The molecule has 2 aromatic rings. The molecule has 0 unspecified atom stereocenters. The predicted octanol–water partition coefficient (Wildman–Crippen LogP) is 2.72. The number of ether oxygens (including phenoxy) is 1. The first-order chi connectivity index (χ1) is 10.2. The van der Waals surface area contributed by atoms with Gasteiger partial charge in [0.15, 0.2) is 0 Å². The number of aryl methyl sites for hydroxylation is 1. The van der Waals surface area contributed by atoms with Crippen molar-refractivity contribution in [2.75, 3.05) is 0 Å². The lowest BCUT2D eigenvalue weighted by Gasteiger charge is -2.11. The molecule has 2 N–H and O–H groups in total. The molecule has 0 aliphatic heterocycles. The van der Waals surface area contributed by atoms with Crippen LogP contribution in [-0.4, -0.2) is 10.2 Å². The summed E-state index contributed by atoms with van der Waals surface area (Å²) in [5.41, 5.74) is 8.78. The zero-order valence-electron chi connectivity index (χ0n) is 12.3. The van der Waals surface area contributed by atoms with Crippen LogP contribution in [0.15, 0.2) is 24.3 Å². The molecule has 108 valence electrons. The molecule has 0 aliphatic carbocycles. The highest BCUT2D eigenvalue weighted by atomic mass is 16.5. The fraction of sp³-hybridized carbons (Fsp3) is 0.312. The molecule has 1 heterocycles. The molecule has 0 bridgehead atoms. The van der Waals surface area contributed by atoms with Gasteiger partial charge in [-0.3, -0.25) is 0 Å². The molecule has 21 heavy (non-hydrogen) atoms. The molecule has 0 spiro atoms. The molecule has 0 fully saturated rings. The standard InChI is InChI=1S/C16H18N4O/c1-3-13-14(10-18)16(20-19-15(13)4-2)21-12-7-5-6-11(8-12)9-17/h5-8H,3-4,9,17H2,1-2H3. The van der Waals surface area contributed by atoms with Crippen LogP contribution in [-0.2, 0) is 19.4 Å². The number of aromatic nitrogens is 2. The van der Waals surface area contributed by atoms with E-state index in [1.54, 1.807) is 6.07 Å². The maximum absolute atomic E-state index is 9.41. The molecule has 0 saturated heterocycles. The van der Waals surface area contributed by atoms with Crippen LogP contribution in [0.25, 0.3) is 0 Å². The van der Waals surface area contributed by atoms with Crippen molar-refractivity contribution < 1.29 is 4.74 Å². The number of nitrogens with two attached hydrogens (primary N) is 1. The third-order valence-corrected chi connectivity index (χ3v) is 3.27. The van der Waals surface area contributed by atoms with Gasteiger partial charge in [0.1, 0.15) is 17.4 Å². The molecular weight excluding hydrogens is 264 g/mol. The van der Waals surface area contributed by atoms with E-state index >= 15 is 0 Å². The van der Waals surface area contributed by atoms with Crippen LogP contribution in [0.2, 0.25) is 0 Å². The summed E-state index contributed by atoms with van der Waals surface area (Å²) in [6, 6.07) is 9.61. The van der Waals surface area contributed by atoms with Gasteiger partial charge in [0.05, 0.1) is 5.69 Å². The minimum atomic E-state index is 0.251. The Morgan fingerprint density at radius 3 is 2.67 bits per heavy atom. The smallest absolute Gasteiger partial charge is 0.257 e. The Labute approximate surface area is 124 Å². The van der Waals surface area contributed by atoms with Crippen LogP contribution in [0.1, 0.15) is 36.2 Å². The van der Waals surface area contributed by atoms with E-state index in [0.717, 1.165) is 29.7 Å². The van der Waals surface area contributed by atoms with E-state index in [4.69, 9.17) is 10.5 Å². The first kappa shape index (κ1) is 14.9. The van der Waals surface area contributed by atoms with E-state index in [2.05, 4.69) is 16.3 Å². The SMILES string of the molecule is CCc1nnc(Oc2cccc(CN)c2)c(C#N)c1CC. The molecule has 0 amide bonds. The van der Waals surface area contributed by atoms with E-state index in [1.165, 1.54) is 0 Å². The van der Waals surface area contributed by atoms with Crippen molar-refractivity contribution >= 4 is 0 Å². The fourth-order valence-electron chi connectivity index (χ4n) is 2.19. The third kappa shape index (κ3) is 3.18. The molecule has 5 nitrogen and oxygen atoms in total. The maximum Gasteiger partial charge on any atom is 0.257 e. The van der Waals surface area contributed by atoms with Crippen LogP contribution in [0.3, 0.4) is 0 Å². The topological polar surface area (TPSA) is 84.8 Å². The van der Waals surface area contributed by atoms with Crippen LogP contribution < -0.4 is 10.5 Å². The highest BCUT2D eigenvalue weighted by molar-refractivity contribution is 5.47. The van der Waals surface area contributed by atoms with Gasteiger partial charge in [-0.05, 0) is 36.1 Å². The molecule has 0 aliphatic rings. The Morgan fingerprint density at radius 1 is 1.24 bits per heavy atom. The highest BCUT2D eigenvalue weighted by Gasteiger charge is 2.16. The van der Waals surface area contributed by atoms with E-state index in [9.17, 15) is 5.26 Å². The van der Waals surface area contributed by atoms with E-state index in [0.29, 0.717) is 17.9 Å². The Balaban J connectivity index is 2.42. The first-order valence-corrected chi connectivity index (χ1v) is 6.98. The minimum absolute atomic E-state index is 0.251. The fourth-order valence-corrected chi connectivity index (χ4v) is 2.19. The van der Waals surface area contributed by atoms with Gasteiger partial charge in [-0.15, -0.1) is 5.10 Å². The molecular formula is C16H18N4O. The maximum atomic E-state index is 9.41. The zero-order valence-corrected chi connectivity index (χ0v) is 12.3. The Bertz CT molecular complexity index is 676. The lowest BCUT2D eigenvalue weighted by atomic mass is 10.0. The van der Waals surface area contributed by atoms with Crippen LogP contribution in [0.5, 0.6) is 11.6 Å². The summed E-state index contributed by atoms with van der Waals surface area (Å²) in [4.78, 5) is 0.